The molecule has 2 unspecified atom stereocenters. The van der Waals surface area contributed by atoms with Crippen LogP contribution in [0.25, 0.3) is 5.69 Å². The summed E-state index contributed by atoms with van der Waals surface area (Å²) in [6.45, 7) is 4.74. The molecule has 3 aromatic rings. The van der Waals surface area contributed by atoms with Gasteiger partial charge in [-0.15, -0.1) is 10.2 Å². The molecule has 10 nitrogen and oxygen atoms in total. The molecule has 11 heteroatoms. The van der Waals surface area contributed by atoms with E-state index in [1.54, 1.807) is 26.4 Å². The third kappa shape index (κ3) is 5.24. The van der Waals surface area contributed by atoms with Crippen LogP contribution in [-0.4, -0.2) is 53.5 Å². The number of para-hydroxylation sites is 1. The molecule has 2 aliphatic rings. The average Bonchev–Trinajstić information content (AvgIpc) is 3.59. The lowest BCUT2D eigenvalue weighted by atomic mass is 9.98. The van der Waals surface area contributed by atoms with E-state index in [1.165, 1.54) is 0 Å². The van der Waals surface area contributed by atoms with Gasteiger partial charge in [-0.05, 0) is 43.7 Å². The average molecular weight is 555 g/mol. The van der Waals surface area contributed by atoms with Crippen molar-refractivity contribution in [1.82, 2.24) is 20.1 Å². The molecule has 0 saturated carbocycles. The van der Waals surface area contributed by atoms with Crippen LogP contribution in [-0.2, 0) is 19.1 Å². The highest BCUT2D eigenvalue weighted by molar-refractivity contribution is 6.30. The number of hydrogen-bond acceptors (Lipinski definition) is 9. The summed E-state index contributed by atoms with van der Waals surface area (Å²) in [7, 11) is 3.12. The van der Waals surface area contributed by atoms with Crippen LogP contribution in [0.15, 0.2) is 36.4 Å². The molecule has 0 aliphatic carbocycles. The normalized spacial score (nSPS) is 20.2. The van der Waals surface area contributed by atoms with E-state index in [-0.39, 0.29) is 12.3 Å². The first-order valence-corrected chi connectivity index (χ1v) is 13.3. The van der Waals surface area contributed by atoms with Gasteiger partial charge in [-0.1, -0.05) is 37.6 Å². The predicted molar refractivity (Wildman–Crippen MR) is 142 cm³/mol. The van der Waals surface area contributed by atoms with Gasteiger partial charge in [-0.25, -0.2) is 4.79 Å². The monoisotopic (exact) mass is 554 g/mol. The summed E-state index contributed by atoms with van der Waals surface area (Å²) in [5.41, 5.74) is 2.17. The van der Waals surface area contributed by atoms with Crippen molar-refractivity contribution in [3.8, 4) is 17.2 Å². The molecule has 3 atom stereocenters. The fourth-order valence-corrected chi connectivity index (χ4v) is 5.32. The van der Waals surface area contributed by atoms with Crippen molar-refractivity contribution in [1.29, 1.82) is 0 Å². The summed E-state index contributed by atoms with van der Waals surface area (Å²) < 4.78 is 25.1. The van der Waals surface area contributed by atoms with Crippen LogP contribution in [0.2, 0.25) is 5.02 Å². The Kier molecular flexibility index (Phi) is 7.88. The predicted octanol–water partition coefficient (Wildman–Crippen LogP) is 4.43. The van der Waals surface area contributed by atoms with Crippen LogP contribution in [0.1, 0.15) is 74.0 Å². The zero-order valence-corrected chi connectivity index (χ0v) is 23.0. The highest BCUT2D eigenvalue weighted by Gasteiger charge is 2.38. The van der Waals surface area contributed by atoms with Crippen molar-refractivity contribution in [3.63, 3.8) is 0 Å². The summed E-state index contributed by atoms with van der Waals surface area (Å²) in [4.78, 5) is 25.6. The number of esters is 2. The molecule has 0 amide bonds. The largest absolute Gasteiger partial charge is 0.493 e. The molecule has 206 valence electrons. The van der Waals surface area contributed by atoms with Gasteiger partial charge in [-0.3, -0.25) is 9.36 Å². The van der Waals surface area contributed by atoms with Gasteiger partial charge in [0.25, 0.3) is 0 Å². The number of carbonyl (C=O) groups is 2. The van der Waals surface area contributed by atoms with Crippen molar-refractivity contribution >= 4 is 23.5 Å². The second kappa shape index (κ2) is 11.3. The SMILES string of the molecule is COc1cccc(C2OC(CC(=O)OC(=O)[C@@H]3CCCN3)c3nnc(C(C)C)n3-c3ccc(Cl)cc32)c1OC. The lowest BCUT2D eigenvalue weighted by molar-refractivity contribution is -0.163. The van der Waals surface area contributed by atoms with Crippen LogP contribution in [0.4, 0.5) is 0 Å². The van der Waals surface area contributed by atoms with E-state index in [1.807, 2.05) is 42.7 Å². The Balaban J connectivity index is 1.61. The molecule has 2 aromatic carbocycles. The molecule has 5 rings (SSSR count). The van der Waals surface area contributed by atoms with Gasteiger partial charge in [0.1, 0.15) is 24.1 Å². The lowest BCUT2D eigenvalue weighted by Crippen LogP contribution is -2.34. The topological polar surface area (TPSA) is 114 Å². The van der Waals surface area contributed by atoms with E-state index >= 15 is 0 Å². The van der Waals surface area contributed by atoms with Gasteiger partial charge in [-0.2, -0.15) is 0 Å². The van der Waals surface area contributed by atoms with Crippen molar-refractivity contribution in [3.05, 3.63) is 64.2 Å². The van der Waals surface area contributed by atoms with Gasteiger partial charge in [0, 0.05) is 22.1 Å². The maximum Gasteiger partial charge on any atom is 0.330 e. The standard InChI is InChI=1S/C28H31ClN4O6/c1-15(2)26-31-32-27-22(14-23(34)39-28(35)19-8-6-12-30-19)38-24(17-7-5-9-21(36-3)25(17)37-4)18-13-16(29)10-11-20(18)33(26)27/h5,7,9-11,13,15,19,22,24,30H,6,8,12,14H2,1-4H3/t19-,22?,24?/m0/s1. The van der Waals surface area contributed by atoms with Gasteiger partial charge >= 0.3 is 11.9 Å². The summed E-state index contributed by atoms with van der Waals surface area (Å²) in [5, 5.41) is 12.4. The molecule has 2 aliphatic heterocycles. The molecule has 0 spiro atoms. The quantitative estimate of drug-likeness (QED) is 0.334. The fourth-order valence-electron chi connectivity index (χ4n) is 5.14. The summed E-state index contributed by atoms with van der Waals surface area (Å²) in [5.74, 6) is 0.854. The first-order chi connectivity index (χ1) is 18.8. The Bertz CT molecular complexity index is 1380. The number of nitrogens with one attached hydrogen (secondary N) is 1. The van der Waals surface area contributed by atoms with Crippen LogP contribution < -0.4 is 14.8 Å². The Labute approximate surface area is 231 Å². The minimum Gasteiger partial charge on any atom is -0.493 e. The molecule has 0 bridgehead atoms. The van der Waals surface area contributed by atoms with Gasteiger partial charge in [0.15, 0.2) is 17.3 Å². The zero-order chi connectivity index (χ0) is 27.7. The Morgan fingerprint density at radius 3 is 2.67 bits per heavy atom. The smallest absolute Gasteiger partial charge is 0.330 e. The third-order valence-corrected chi connectivity index (χ3v) is 7.19. The number of carbonyl (C=O) groups excluding carboxylic acids is 2. The lowest BCUT2D eigenvalue weighted by Gasteiger charge is -2.24. The number of benzene rings is 2. The van der Waals surface area contributed by atoms with E-state index in [0.717, 1.165) is 17.7 Å². The number of hydrogen-bond donors (Lipinski definition) is 1. The van der Waals surface area contributed by atoms with Crippen molar-refractivity contribution in [2.45, 2.75) is 57.3 Å². The second-order valence-corrected chi connectivity index (χ2v) is 10.3. The summed E-state index contributed by atoms with van der Waals surface area (Å²) >= 11 is 6.49. The molecule has 1 aromatic heterocycles. The summed E-state index contributed by atoms with van der Waals surface area (Å²) in [6.07, 6.45) is -0.388. The molecule has 39 heavy (non-hydrogen) atoms. The number of nitrogens with zero attached hydrogens (tertiary/aromatic N) is 3. The van der Waals surface area contributed by atoms with Crippen molar-refractivity contribution < 1.29 is 28.5 Å². The molecule has 0 radical (unpaired) electrons. The molecular formula is C28H31ClN4O6. The maximum absolute atomic E-state index is 13.1. The van der Waals surface area contributed by atoms with Crippen LogP contribution in [0, 0.1) is 0 Å². The molecule has 1 fully saturated rings. The number of ether oxygens (including phenoxy) is 4. The third-order valence-electron chi connectivity index (χ3n) is 6.96. The highest BCUT2D eigenvalue weighted by atomic mass is 35.5. The van der Waals surface area contributed by atoms with E-state index in [0.29, 0.717) is 46.7 Å². The Hall–Kier alpha value is -3.47. The van der Waals surface area contributed by atoms with E-state index < -0.39 is 30.2 Å². The van der Waals surface area contributed by atoms with Gasteiger partial charge in [0.05, 0.1) is 26.3 Å². The highest BCUT2D eigenvalue weighted by Crippen LogP contribution is 2.46. The van der Waals surface area contributed by atoms with Crippen molar-refractivity contribution in [2.24, 2.45) is 0 Å². The van der Waals surface area contributed by atoms with Crippen molar-refractivity contribution in [2.75, 3.05) is 20.8 Å². The number of rotatable bonds is 7. The van der Waals surface area contributed by atoms with E-state index in [4.69, 9.17) is 30.5 Å². The Morgan fingerprint density at radius 1 is 1.15 bits per heavy atom. The molecule has 1 saturated heterocycles. The van der Waals surface area contributed by atoms with E-state index in [2.05, 4.69) is 15.5 Å². The number of fused-ring (bicyclic) bond motifs is 3. The molecular weight excluding hydrogens is 524 g/mol. The van der Waals surface area contributed by atoms with Gasteiger partial charge in [0.2, 0.25) is 0 Å². The van der Waals surface area contributed by atoms with Gasteiger partial charge < -0.3 is 24.3 Å². The van der Waals surface area contributed by atoms with Crippen LogP contribution >= 0.6 is 11.6 Å². The fraction of sp³-hybridized carbons (Fsp3) is 0.429. The first-order valence-electron chi connectivity index (χ1n) is 12.9. The van der Waals surface area contributed by atoms with Crippen LogP contribution in [0.3, 0.4) is 0 Å². The zero-order valence-electron chi connectivity index (χ0n) is 22.3. The minimum atomic E-state index is -0.895. The van der Waals surface area contributed by atoms with E-state index in [9.17, 15) is 9.59 Å². The molecule has 3 heterocycles. The molecule has 1 N–H and O–H groups in total. The first kappa shape index (κ1) is 27.1. The number of methoxy groups -OCH3 is 2. The number of aromatic nitrogens is 3. The second-order valence-electron chi connectivity index (χ2n) is 9.84. The number of halogens is 1. The van der Waals surface area contributed by atoms with Crippen LogP contribution in [0.5, 0.6) is 11.5 Å². The Morgan fingerprint density at radius 2 is 1.97 bits per heavy atom. The maximum atomic E-state index is 13.1. The minimum absolute atomic E-state index is 0.0142. The summed E-state index contributed by atoms with van der Waals surface area (Å²) in [6, 6.07) is 10.5.